The maximum Gasteiger partial charge on any atom is 0.224 e. The van der Waals surface area contributed by atoms with E-state index in [-0.39, 0.29) is 11.3 Å². The van der Waals surface area contributed by atoms with Gasteiger partial charge in [0.2, 0.25) is 5.91 Å². The number of nitrogens with one attached hydrogen (secondary N) is 1. The molecule has 6 rings (SSSR count). The van der Waals surface area contributed by atoms with Crippen LogP contribution in [0.5, 0.6) is 5.75 Å². The molecule has 1 heterocycles. The first-order valence-corrected chi connectivity index (χ1v) is 11.8. The third kappa shape index (κ3) is 4.19. The van der Waals surface area contributed by atoms with Crippen LogP contribution >= 0.6 is 0 Å². The molecule has 4 bridgehead atoms. The second-order valence-electron chi connectivity index (χ2n) is 10.5. The molecule has 1 aliphatic heterocycles. The highest BCUT2D eigenvalue weighted by Gasteiger charge is 2.51. The van der Waals surface area contributed by atoms with Crippen LogP contribution in [0.3, 0.4) is 0 Å². The molecule has 0 atom stereocenters. The second-order valence-corrected chi connectivity index (χ2v) is 10.5. The number of rotatable bonds is 7. The Balaban J connectivity index is 1.18. The summed E-state index contributed by atoms with van der Waals surface area (Å²) >= 11 is 0. The van der Waals surface area contributed by atoms with Crippen molar-refractivity contribution in [1.29, 1.82) is 0 Å². The van der Waals surface area contributed by atoms with E-state index in [9.17, 15) is 4.79 Å². The van der Waals surface area contributed by atoms with Crippen LogP contribution < -0.4 is 10.1 Å². The van der Waals surface area contributed by atoms with Gasteiger partial charge < -0.3 is 10.1 Å². The fourth-order valence-electron chi connectivity index (χ4n) is 7.24. The van der Waals surface area contributed by atoms with Crippen molar-refractivity contribution in [3.8, 4) is 5.75 Å². The zero-order chi connectivity index (χ0) is 19.8. The van der Waals surface area contributed by atoms with Crippen molar-refractivity contribution in [2.75, 3.05) is 31.6 Å². The normalized spacial score (nSPS) is 33.2. The van der Waals surface area contributed by atoms with E-state index in [1.165, 1.54) is 64.5 Å². The van der Waals surface area contributed by atoms with E-state index in [4.69, 9.17) is 4.74 Å². The van der Waals surface area contributed by atoms with Crippen molar-refractivity contribution in [3.63, 3.8) is 0 Å². The smallest absolute Gasteiger partial charge is 0.224 e. The summed E-state index contributed by atoms with van der Waals surface area (Å²) in [6.07, 6.45) is 11.5. The summed E-state index contributed by atoms with van der Waals surface area (Å²) in [5.74, 6) is 3.77. The molecule has 5 fully saturated rings. The van der Waals surface area contributed by atoms with Crippen LogP contribution in [0.4, 0.5) is 5.69 Å². The number of hydrogen-bond donors (Lipinski definition) is 1. The molecule has 1 amide bonds. The summed E-state index contributed by atoms with van der Waals surface area (Å²) in [5, 5.41) is 3.23. The minimum Gasteiger partial charge on any atom is -0.492 e. The molecule has 0 radical (unpaired) electrons. The predicted molar refractivity (Wildman–Crippen MR) is 116 cm³/mol. The van der Waals surface area contributed by atoms with E-state index in [0.29, 0.717) is 13.0 Å². The standard InChI is InChI=1S/C25H36N2O2/c1-18-22(5-4-6-23(18)29-10-9-27-7-2-3-8-27)26-24(28)17-25-14-19-11-20(15-25)13-21(12-19)16-25/h4-6,19-21H,2-3,7-17H2,1H3,(H,26,28). The maximum atomic E-state index is 13.0. The van der Waals surface area contributed by atoms with Gasteiger partial charge in [0.05, 0.1) is 0 Å². The summed E-state index contributed by atoms with van der Waals surface area (Å²) in [7, 11) is 0. The van der Waals surface area contributed by atoms with E-state index in [0.717, 1.165) is 41.3 Å². The van der Waals surface area contributed by atoms with Crippen molar-refractivity contribution in [3.05, 3.63) is 23.8 Å². The van der Waals surface area contributed by atoms with E-state index < -0.39 is 0 Å². The highest BCUT2D eigenvalue weighted by atomic mass is 16.5. The number of anilines is 1. The van der Waals surface area contributed by atoms with E-state index in [1.54, 1.807) is 0 Å². The van der Waals surface area contributed by atoms with E-state index in [2.05, 4.69) is 17.1 Å². The molecule has 1 aromatic carbocycles. The van der Waals surface area contributed by atoms with Crippen molar-refractivity contribution >= 4 is 11.6 Å². The van der Waals surface area contributed by atoms with Gasteiger partial charge in [-0.15, -0.1) is 0 Å². The van der Waals surface area contributed by atoms with Gasteiger partial charge in [-0.1, -0.05) is 6.07 Å². The number of hydrogen-bond acceptors (Lipinski definition) is 3. The SMILES string of the molecule is Cc1c(NC(=O)CC23CC4CC(CC(C4)C2)C3)cccc1OCCN1CCCC1. The van der Waals surface area contributed by atoms with Gasteiger partial charge in [-0.05, 0) is 107 Å². The first kappa shape index (κ1) is 19.4. The van der Waals surface area contributed by atoms with Crippen LogP contribution in [-0.2, 0) is 4.79 Å². The van der Waals surface area contributed by atoms with Gasteiger partial charge in [-0.25, -0.2) is 0 Å². The molecular formula is C25H36N2O2. The van der Waals surface area contributed by atoms with Crippen molar-refractivity contribution in [2.24, 2.45) is 23.2 Å². The lowest BCUT2D eigenvalue weighted by molar-refractivity contribution is -0.124. The molecule has 0 spiro atoms. The summed E-state index contributed by atoms with van der Waals surface area (Å²) in [4.78, 5) is 15.5. The summed E-state index contributed by atoms with van der Waals surface area (Å²) in [6.45, 7) is 6.16. The number of nitrogens with zero attached hydrogens (tertiary/aromatic N) is 1. The van der Waals surface area contributed by atoms with Gasteiger partial charge in [0, 0.05) is 24.2 Å². The average Bonchev–Trinajstić information content (AvgIpc) is 3.16. The number of ether oxygens (including phenoxy) is 1. The number of carbonyl (C=O) groups is 1. The van der Waals surface area contributed by atoms with E-state index >= 15 is 0 Å². The molecule has 4 aliphatic carbocycles. The van der Waals surface area contributed by atoms with Crippen molar-refractivity contribution in [1.82, 2.24) is 4.90 Å². The molecule has 0 unspecified atom stereocenters. The zero-order valence-corrected chi connectivity index (χ0v) is 17.9. The Bertz CT molecular complexity index is 718. The minimum absolute atomic E-state index is 0.198. The first-order valence-electron chi connectivity index (χ1n) is 11.8. The number of amides is 1. The Morgan fingerprint density at radius 2 is 1.76 bits per heavy atom. The Kier molecular flexibility index (Phi) is 5.32. The highest BCUT2D eigenvalue weighted by Crippen LogP contribution is 2.61. The fraction of sp³-hybridized carbons (Fsp3) is 0.720. The lowest BCUT2D eigenvalue weighted by Crippen LogP contribution is -2.47. The van der Waals surface area contributed by atoms with Crippen LogP contribution in [0, 0.1) is 30.1 Å². The second kappa shape index (κ2) is 7.94. The van der Waals surface area contributed by atoms with Gasteiger partial charge in [0.25, 0.3) is 0 Å². The van der Waals surface area contributed by atoms with Gasteiger partial charge in [-0.3, -0.25) is 9.69 Å². The summed E-state index contributed by atoms with van der Waals surface area (Å²) in [5.41, 5.74) is 2.25. The van der Waals surface area contributed by atoms with Gasteiger partial charge >= 0.3 is 0 Å². The average molecular weight is 397 g/mol. The number of likely N-dealkylation sites (tertiary alicyclic amines) is 1. The van der Waals surface area contributed by atoms with Crippen LogP contribution in [0.1, 0.15) is 63.4 Å². The van der Waals surface area contributed by atoms with Gasteiger partial charge in [0.1, 0.15) is 12.4 Å². The third-order valence-corrected chi connectivity index (χ3v) is 8.12. The molecule has 0 aromatic heterocycles. The summed E-state index contributed by atoms with van der Waals surface area (Å²) < 4.78 is 6.06. The molecule has 1 aromatic rings. The summed E-state index contributed by atoms with van der Waals surface area (Å²) in [6, 6.07) is 6.03. The molecule has 1 N–H and O–H groups in total. The Morgan fingerprint density at radius 3 is 2.41 bits per heavy atom. The quantitative estimate of drug-likeness (QED) is 0.704. The Hall–Kier alpha value is -1.55. The predicted octanol–water partition coefficient (Wildman–Crippen LogP) is 5.01. The molecular weight excluding hydrogens is 360 g/mol. The monoisotopic (exact) mass is 396 g/mol. The number of carbonyl (C=O) groups excluding carboxylic acids is 1. The molecule has 29 heavy (non-hydrogen) atoms. The lowest BCUT2D eigenvalue weighted by atomic mass is 9.49. The zero-order valence-electron chi connectivity index (χ0n) is 17.9. The maximum absolute atomic E-state index is 13.0. The third-order valence-electron chi connectivity index (χ3n) is 8.12. The molecule has 5 aliphatic rings. The number of benzene rings is 1. The van der Waals surface area contributed by atoms with Crippen LogP contribution in [0.15, 0.2) is 18.2 Å². The minimum atomic E-state index is 0.198. The van der Waals surface area contributed by atoms with Crippen molar-refractivity contribution < 1.29 is 9.53 Å². The Labute approximate surface area is 175 Å². The van der Waals surface area contributed by atoms with Crippen LogP contribution in [0.2, 0.25) is 0 Å². The molecule has 4 nitrogen and oxygen atoms in total. The first-order chi connectivity index (χ1) is 14.1. The van der Waals surface area contributed by atoms with Crippen LogP contribution in [-0.4, -0.2) is 37.0 Å². The van der Waals surface area contributed by atoms with Gasteiger partial charge in [-0.2, -0.15) is 0 Å². The largest absolute Gasteiger partial charge is 0.492 e. The molecule has 158 valence electrons. The van der Waals surface area contributed by atoms with E-state index in [1.807, 2.05) is 18.2 Å². The molecule has 1 saturated heterocycles. The molecule has 4 saturated carbocycles. The van der Waals surface area contributed by atoms with Crippen molar-refractivity contribution in [2.45, 2.75) is 64.7 Å². The topological polar surface area (TPSA) is 41.6 Å². The highest BCUT2D eigenvalue weighted by molar-refractivity contribution is 5.92. The van der Waals surface area contributed by atoms with Gasteiger partial charge in [0.15, 0.2) is 0 Å². The fourth-order valence-corrected chi connectivity index (χ4v) is 7.24. The lowest BCUT2D eigenvalue weighted by Gasteiger charge is -2.56. The van der Waals surface area contributed by atoms with Crippen LogP contribution in [0.25, 0.3) is 0 Å². The molecule has 4 heteroatoms. The Morgan fingerprint density at radius 1 is 1.10 bits per heavy atom.